The first-order valence-corrected chi connectivity index (χ1v) is 7.18. The molecule has 2 N–H and O–H groups in total. The number of aromatic nitrogens is 2. The van der Waals surface area contributed by atoms with Crippen molar-refractivity contribution in [1.82, 2.24) is 9.55 Å². The van der Waals surface area contributed by atoms with Gasteiger partial charge in [-0.3, -0.25) is 4.21 Å². The lowest BCUT2D eigenvalue weighted by atomic mass is 10.2. The van der Waals surface area contributed by atoms with Crippen molar-refractivity contribution in [3.63, 3.8) is 0 Å². The average Bonchev–Trinajstić information content (AvgIpc) is 2.64. The molecule has 2 rings (SSSR count). The van der Waals surface area contributed by atoms with Gasteiger partial charge in [-0.2, -0.15) is 0 Å². The van der Waals surface area contributed by atoms with Crippen LogP contribution in [0.5, 0.6) is 0 Å². The molecule has 4 nitrogen and oxygen atoms in total. The van der Waals surface area contributed by atoms with Gasteiger partial charge < -0.3 is 10.3 Å². The summed E-state index contributed by atoms with van der Waals surface area (Å²) in [5.41, 5.74) is 8.98. The average molecular weight is 251 g/mol. The van der Waals surface area contributed by atoms with E-state index >= 15 is 0 Å². The molecule has 0 amide bonds. The Morgan fingerprint density at radius 3 is 2.94 bits per heavy atom. The van der Waals surface area contributed by atoms with Crippen LogP contribution in [0.25, 0.3) is 11.0 Å². The van der Waals surface area contributed by atoms with Crippen molar-refractivity contribution >= 4 is 27.8 Å². The lowest BCUT2D eigenvalue weighted by Gasteiger charge is -2.05. The highest BCUT2D eigenvalue weighted by molar-refractivity contribution is 7.84. The minimum atomic E-state index is -0.772. The first kappa shape index (κ1) is 12.1. The molecule has 0 aliphatic heterocycles. The Bertz CT molecular complexity index is 562. The summed E-state index contributed by atoms with van der Waals surface area (Å²) >= 11 is 0. The fraction of sp³-hybridized carbons (Fsp3) is 0.417. The fourth-order valence-electron chi connectivity index (χ4n) is 1.88. The Balaban J connectivity index is 2.37. The summed E-state index contributed by atoms with van der Waals surface area (Å²) in [7, 11) is -0.772. The zero-order valence-corrected chi connectivity index (χ0v) is 11.0. The van der Waals surface area contributed by atoms with E-state index in [0.717, 1.165) is 16.6 Å². The van der Waals surface area contributed by atoms with E-state index in [-0.39, 0.29) is 0 Å². The smallest absolute Gasteiger partial charge is 0.201 e. The fourth-order valence-corrected chi connectivity index (χ4v) is 2.55. The largest absolute Gasteiger partial charge is 0.369 e. The van der Waals surface area contributed by atoms with Crippen LogP contribution in [0.3, 0.4) is 0 Å². The Kier molecular flexibility index (Phi) is 3.47. The third kappa shape index (κ3) is 2.34. The van der Waals surface area contributed by atoms with E-state index in [9.17, 15) is 4.21 Å². The quantitative estimate of drug-likeness (QED) is 0.899. The van der Waals surface area contributed by atoms with Gasteiger partial charge in [0.05, 0.1) is 11.0 Å². The number of aryl methyl sites for hydroxylation is 2. The maximum atomic E-state index is 11.5. The maximum absolute atomic E-state index is 11.5. The first-order valence-electron chi connectivity index (χ1n) is 5.69. The monoisotopic (exact) mass is 251 g/mol. The van der Waals surface area contributed by atoms with Crippen molar-refractivity contribution in [2.75, 3.05) is 17.2 Å². The van der Waals surface area contributed by atoms with Gasteiger partial charge in [-0.25, -0.2) is 4.98 Å². The van der Waals surface area contributed by atoms with Gasteiger partial charge in [0.15, 0.2) is 0 Å². The molecule has 0 saturated carbocycles. The summed E-state index contributed by atoms with van der Waals surface area (Å²) in [6, 6.07) is 6.01. The summed E-state index contributed by atoms with van der Waals surface area (Å²) < 4.78 is 13.4. The molecule has 1 aromatic heterocycles. The highest BCUT2D eigenvalue weighted by atomic mass is 32.2. The van der Waals surface area contributed by atoms with Gasteiger partial charge in [0.1, 0.15) is 0 Å². The summed E-state index contributed by atoms with van der Waals surface area (Å²) in [6.07, 6.45) is 0. The van der Waals surface area contributed by atoms with E-state index in [1.54, 1.807) is 0 Å². The first-order chi connectivity index (χ1) is 8.13. The predicted molar refractivity (Wildman–Crippen MR) is 72.4 cm³/mol. The van der Waals surface area contributed by atoms with Gasteiger partial charge in [-0.15, -0.1) is 0 Å². The van der Waals surface area contributed by atoms with Gasteiger partial charge in [0.2, 0.25) is 5.95 Å². The third-order valence-corrected chi connectivity index (χ3v) is 4.16. The number of anilines is 1. The Morgan fingerprint density at radius 2 is 2.24 bits per heavy atom. The molecular formula is C12H17N3OS. The second-order valence-corrected chi connectivity index (χ2v) is 5.86. The molecule has 5 heteroatoms. The van der Waals surface area contributed by atoms with E-state index in [0.29, 0.717) is 24.0 Å². The van der Waals surface area contributed by atoms with E-state index in [1.807, 2.05) is 36.6 Å². The molecule has 1 aromatic carbocycles. The summed E-state index contributed by atoms with van der Waals surface area (Å²) in [5, 5.41) is 0. The number of hydrogen-bond acceptors (Lipinski definition) is 3. The van der Waals surface area contributed by atoms with Crippen LogP contribution in [-0.2, 0) is 17.3 Å². The lowest BCUT2D eigenvalue weighted by Crippen LogP contribution is -2.11. The highest BCUT2D eigenvalue weighted by Crippen LogP contribution is 2.20. The van der Waals surface area contributed by atoms with E-state index in [1.165, 1.54) is 0 Å². The van der Waals surface area contributed by atoms with Crippen LogP contribution in [0.1, 0.15) is 12.5 Å². The molecule has 1 unspecified atom stereocenters. The van der Waals surface area contributed by atoms with Crippen molar-refractivity contribution in [1.29, 1.82) is 0 Å². The molecule has 0 radical (unpaired) electrons. The van der Waals surface area contributed by atoms with Crippen LogP contribution >= 0.6 is 0 Å². The molecule has 17 heavy (non-hydrogen) atoms. The van der Waals surface area contributed by atoms with Crippen molar-refractivity contribution in [3.05, 3.63) is 23.8 Å². The van der Waals surface area contributed by atoms with Gasteiger partial charge in [-0.1, -0.05) is 19.1 Å². The van der Waals surface area contributed by atoms with Gasteiger partial charge >= 0.3 is 0 Å². The molecule has 0 aliphatic rings. The highest BCUT2D eigenvalue weighted by Gasteiger charge is 2.09. The number of benzene rings is 1. The normalized spacial score (nSPS) is 13.1. The van der Waals surface area contributed by atoms with E-state index in [4.69, 9.17) is 5.73 Å². The number of rotatable bonds is 4. The minimum Gasteiger partial charge on any atom is -0.369 e. The summed E-state index contributed by atoms with van der Waals surface area (Å²) in [5.74, 6) is 1.81. The van der Waals surface area contributed by atoms with Crippen LogP contribution in [-0.4, -0.2) is 25.3 Å². The molecule has 0 saturated heterocycles. The van der Waals surface area contributed by atoms with Crippen LogP contribution in [0.2, 0.25) is 0 Å². The molecular weight excluding hydrogens is 234 g/mol. The van der Waals surface area contributed by atoms with Gasteiger partial charge in [0.25, 0.3) is 0 Å². The standard InChI is InChI=1S/C12H17N3OS/c1-3-17(16)8-7-15-10-6-4-5-9(2)11(10)14-12(15)13/h4-6H,3,7-8H2,1-2H3,(H2,13,14). The van der Waals surface area contributed by atoms with Gasteiger partial charge in [-0.05, 0) is 18.6 Å². The molecule has 0 bridgehead atoms. The minimum absolute atomic E-state index is 0.502. The van der Waals surface area contributed by atoms with Crippen LogP contribution < -0.4 is 5.73 Å². The summed E-state index contributed by atoms with van der Waals surface area (Å²) in [6.45, 7) is 4.60. The molecule has 0 aliphatic carbocycles. The van der Waals surface area contributed by atoms with Gasteiger partial charge in [0, 0.05) is 28.9 Å². The number of para-hydroxylation sites is 1. The zero-order chi connectivity index (χ0) is 12.4. The Morgan fingerprint density at radius 1 is 1.47 bits per heavy atom. The van der Waals surface area contributed by atoms with Crippen LogP contribution in [0.15, 0.2) is 18.2 Å². The third-order valence-electron chi connectivity index (χ3n) is 2.87. The second kappa shape index (κ2) is 4.87. The number of nitrogens with zero attached hydrogens (tertiary/aromatic N) is 2. The lowest BCUT2D eigenvalue weighted by molar-refractivity contribution is 0.677. The van der Waals surface area contributed by atoms with Crippen molar-refractivity contribution < 1.29 is 4.21 Å². The topological polar surface area (TPSA) is 60.9 Å². The molecule has 0 spiro atoms. The molecule has 1 heterocycles. The summed E-state index contributed by atoms with van der Waals surface area (Å²) in [4.78, 5) is 4.36. The second-order valence-electron chi connectivity index (χ2n) is 4.00. The molecule has 92 valence electrons. The Hall–Kier alpha value is -1.36. The number of nitrogens with two attached hydrogens (primary N) is 1. The maximum Gasteiger partial charge on any atom is 0.201 e. The van der Waals surface area contributed by atoms with Crippen molar-refractivity contribution in [2.45, 2.75) is 20.4 Å². The van der Waals surface area contributed by atoms with Crippen molar-refractivity contribution in [3.8, 4) is 0 Å². The van der Waals surface area contributed by atoms with E-state index < -0.39 is 10.8 Å². The predicted octanol–water partition coefficient (Wildman–Crippen LogP) is 1.70. The SMILES string of the molecule is CCS(=O)CCn1c(N)nc2c(C)cccc21. The molecule has 0 fully saturated rings. The zero-order valence-electron chi connectivity index (χ0n) is 10.1. The van der Waals surface area contributed by atoms with E-state index in [2.05, 4.69) is 4.98 Å². The Labute approximate surface area is 103 Å². The molecule has 1 atom stereocenters. The number of hydrogen-bond donors (Lipinski definition) is 1. The number of imidazole rings is 1. The van der Waals surface area contributed by atoms with Crippen molar-refractivity contribution in [2.24, 2.45) is 0 Å². The molecule has 2 aromatic rings. The van der Waals surface area contributed by atoms with Crippen LogP contribution in [0.4, 0.5) is 5.95 Å². The number of fused-ring (bicyclic) bond motifs is 1. The number of nitrogen functional groups attached to an aromatic ring is 1. The van der Waals surface area contributed by atoms with Crippen LogP contribution in [0, 0.1) is 6.92 Å².